The smallest absolute Gasteiger partial charge is 0.290 e. The number of rotatable bonds is 12. The van der Waals surface area contributed by atoms with Crippen LogP contribution in [0.2, 0.25) is 0 Å². The van der Waals surface area contributed by atoms with Crippen LogP contribution in [0.25, 0.3) is 0 Å². The first-order chi connectivity index (χ1) is 9.95. The van der Waals surface area contributed by atoms with Crippen LogP contribution < -0.4 is 5.32 Å². The minimum atomic E-state index is -2.04. The maximum atomic E-state index is 11.5. The summed E-state index contributed by atoms with van der Waals surface area (Å²) in [5, 5.41) is 38.8. The van der Waals surface area contributed by atoms with E-state index in [9.17, 15) is 19.8 Å². The molecule has 0 saturated heterocycles. The van der Waals surface area contributed by atoms with E-state index in [1.165, 1.54) is 6.42 Å². The first-order valence-electron chi connectivity index (χ1n) is 7.42. The van der Waals surface area contributed by atoms with Gasteiger partial charge in [0.05, 0.1) is 6.61 Å². The first-order valence-corrected chi connectivity index (χ1v) is 7.42. The van der Waals surface area contributed by atoms with Gasteiger partial charge < -0.3 is 25.7 Å². The third kappa shape index (κ3) is 8.11. The van der Waals surface area contributed by atoms with Crippen molar-refractivity contribution < 1.29 is 30.0 Å². The largest absolute Gasteiger partial charge is 0.394 e. The highest BCUT2D eigenvalue weighted by atomic mass is 16.4. The third-order valence-electron chi connectivity index (χ3n) is 3.21. The number of aliphatic hydroxyl groups excluding tert-OH is 4. The summed E-state index contributed by atoms with van der Waals surface area (Å²) in [7, 11) is 0. The molecule has 7 heteroatoms. The predicted octanol–water partition coefficient (Wildman–Crippen LogP) is -0.893. The molecule has 5 N–H and O–H groups in total. The summed E-state index contributed by atoms with van der Waals surface area (Å²) in [5.41, 5.74) is 0. The van der Waals surface area contributed by atoms with E-state index in [4.69, 9.17) is 10.2 Å². The van der Waals surface area contributed by atoms with Crippen molar-refractivity contribution in [1.82, 2.24) is 5.32 Å². The summed E-state index contributed by atoms with van der Waals surface area (Å²) in [4.78, 5) is 23.0. The lowest BCUT2D eigenvalue weighted by Crippen LogP contribution is -2.49. The van der Waals surface area contributed by atoms with Crippen LogP contribution in [0.4, 0.5) is 0 Å². The average Bonchev–Trinajstić information content (AvgIpc) is 2.50. The molecule has 0 rings (SSSR count). The fraction of sp³-hybridized carbons (Fsp3) is 0.857. The van der Waals surface area contributed by atoms with Crippen LogP contribution in [-0.2, 0) is 9.59 Å². The average molecular weight is 305 g/mol. The number of nitrogens with one attached hydrogen (secondary N) is 1. The van der Waals surface area contributed by atoms with Crippen molar-refractivity contribution in [2.45, 2.75) is 63.8 Å². The SMILES string of the molecule is CCCCCCCCNC(=O)C(=O)[C@@H](O)[C@H](O)[C@@H](O)CO. The molecule has 0 aliphatic carbocycles. The Morgan fingerprint density at radius 2 is 1.57 bits per heavy atom. The Balaban J connectivity index is 3.92. The van der Waals surface area contributed by atoms with Crippen LogP contribution in [0.3, 0.4) is 0 Å². The van der Waals surface area contributed by atoms with Crippen molar-refractivity contribution in [3.8, 4) is 0 Å². The highest BCUT2D eigenvalue weighted by Gasteiger charge is 2.33. The van der Waals surface area contributed by atoms with Gasteiger partial charge in [-0.15, -0.1) is 0 Å². The van der Waals surface area contributed by atoms with E-state index in [2.05, 4.69) is 12.2 Å². The number of ketones is 1. The second-order valence-corrected chi connectivity index (χ2v) is 5.07. The fourth-order valence-corrected chi connectivity index (χ4v) is 1.80. The van der Waals surface area contributed by atoms with Crippen LogP contribution in [-0.4, -0.2) is 63.6 Å². The number of unbranched alkanes of at least 4 members (excludes halogenated alkanes) is 5. The van der Waals surface area contributed by atoms with Crippen LogP contribution in [0.1, 0.15) is 45.4 Å². The Labute approximate surface area is 125 Å². The van der Waals surface area contributed by atoms with Crippen molar-refractivity contribution in [1.29, 1.82) is 0 Å². The number of aliphatic hydroxyl groups is 4. The molecule has 7 nitrogen and oxygen atoms in total. The Kier molecular flexibility index (Phi) is 11.1. The fourth-order valence-electron chi connectivity index (χ4n) is 1.80. The predicted molar refractivity (Wildman–Crippen MR) is 76.5 cm³/mol. The van der Waals surface area contributed by atoms with Crippen molar-refractivity contribution in [2.24, 2.45) is 0 Å². The van der Waals surface area contributed by atoms with Gasteiger partial charge >= 0.3 is 0 Å². The minimum Gasteiger partial charge on any atom is -0.394 e. The minimum absolute atomic E-state index is 0.321. The Morgan fingerprint density at radius 1 is 1.00 bits per heavy atom. The van der Waals surface area contributed by atoms with Crippen LogP contribution >= 0.6 is 0 Å². The molecule has 0 spiro atoms. The molecular weight excluding hydrogens is 278 g/mol. The van der Waals surface area contributed by atoms with Gasteiger partial charge in [-0.3, -0.25) is 9.59 Å². The number of carbonyl (C=O) groups is 2. The van der Waals surface area contributed by atoms with Crippen LogP contribution in [0.15, 0.2) is 0 Å². The summed E-state index contributed by atoms with van der Waals surface area (Å²) >= 11 is 0. The zero-order valence-electron chi connectivity index (χ0n) is 12.5. The molecule has 0 saturated carbocycles. The van der Waals surface area contributed by atoms with E-state index < -0.39 is 36.6 Å². The molecule has 0 aromatic heterocycles. The quantitative estimate of drug-likeness (QED) is 0.235. The summed E-state index contributed by atoms with van der Waals surface area (Å²) < 4.78 is 0. The normalized spacial score (nSPS) is 15.3. The number of Topliss-reactive ketones (excluding diaryl/α,β-unsaturated/α-hetero) is 1. The number of hydrogen-bond donors (Lipinski definition) is 5. The van der Waals surface area contributed by atoms with E-state index in [1.807, 2.05) is 0 Å². The van der Waals surface area contributed by atoms with Crippen LogP contribution in [0, 0.1) is 0 Å². The van der Waals surface area contributed by atoms with Gasteiger partial charge in [-0.05, 0) is 6.42 Å². The van der Waals surface area contributed by atoms with Crippen molar-refractivity contribution in [2.75, 3.05) is 13.2 Å². The molecule has 0 aliphatic rings. The molecule has 1 amide bonds. The molecule has 3 atom stereocenters. The van der Waals surface area contributed by atoms with E-state index in [0.29, 0.717) is 6.54 Å². The molecule has 0 aromatic rings. The van der Waals surface area contributed by atoms with Gasteiger partial charge in [0.15, 0.2) is 6.10 Å². The van der Waals surface area contributed by atoms with E-state index in [1.54, 1.807) is 0 Å². The molecule has 0 unspecified atom stereocenters. The summed E-state index contributed by atoms with van der Waals surface area (Å²) in [6.07, 6.45) is 0.639. The molecule has 0 radical (unpaired) electrons. The van der Waals surface area contributed by atoms with Gasteiger partial charge in [-0.1, -0.05) is 39.0 Å². The van der Waals surface area contributed by atoms with Crippen molar-refractivity contribution >= 4 is 11.7 Å². The highest BCUT2D eigenvalue weighted by molar-refractivity contribution is 6.37. The van der Waals surface area contributed by atoms with Crippen molar-refractivity contribution in [3.05, 3.63) is 0 Å². The van der Waals surface area contributed by atoms with Gasteiger partial charge in [0.2, 0.25) is 0 Å². The third-order valence-corrected chi connectivity index (χ3v) is 3.21. The molecule has 0 aromatic carbocycles. The van der Waals surface area contributed by atoms with Crippen LogP contribution in [0.5, 0.6) is 0 Å². The lowest BCUT2D eigenvalue weighted by atomic mass is 10.0. The Hall–Kier alpha value is -1.02. The first kappa shape index (κ1) is 20.0. The maximum absolute atomic E-state index is 11.5. The monoisotopic (exact) mass is 305 g/mol. The number of amides is 1. The maximum Gasteiger partial charge on any atom is 0.290 e. The van der Waals surface area contributed by atoms with E-state index >= 15 is 0 Å². The topological polar surface area (TPSA) is 127 Å². The zero-order chi connectivity index (χ0) is 16.3. The molecule has 21 heavy (non-hydrogen) atoms. The Morgan fingerprint density at radius 3 is 2.14 bits per heavy atom. The van der Waals surface area contributed by atoms with Gasteiger partial charge in [0, 0.05) is 6.54 Å². The molecule has 0 fully saturated rings. The second kappa shape index (κ2) is 11.6. The molecule has 0 heterocycles. The molecular formula is C14H27NO6. The van der Waals surface area contributed by atoms with Gasteiger partial charge in [-0.25, -0.2) is 0 Å². The molecule has 0 aliphatic heterocycles. The lowest BCUT2D eigenvalue weighted by molar-refractivity contribution is -0.150. The lowest BCUT2D eigenvalue weighted by Gasteiger charge is -2.19. The zero-order valence-corrected chi connectivity index (χ0v) is 12.5. The summed E-state index contributed by atoms with van der Waals surface area (Å²) in [6.45, 7) is 1.63. The number of hydrogen-bond acceptors (Lipinski definition) is 6. The van der Waals surface area contributed by atoms with Gasteiger partial charge in [-0.2, -0.15) is 0 Å². The van der Waals surface area contributed by atoms with Crippen molar-refractivity contribution in [3.63, 3.8) is 0 Å². The van der Waals surface area contributed by atoms with Gasteiger partial charge in [0.1, 0.15) is 12.2 Å². The van der Waals surface area contributed by atoms with E-state index in [-0.39, 0.29) is 0 Å². The molecule has 0 bridgehead atoms. The summed E-state index contributed by atoms with van der Waals surface area (Å²) in [6, 6.07) is 0. The Bertz CT molecular complexity index is 310. The number of carbonyl (C=O) groups excluding carboxylic acids is 2. The standard InChI is InChI=1S/C14H27NO6/c1-2-3-4-5-6-7-8-15-14(21)13(20)12(19)11(18)10(17)9-16/h10-12,16-19H,2-9H2,1H3,(H,15,21)/t10-,11+,12-/m0/s1. The summed E-state index contributed by atoms with van der Waals surface area (Å²) in [5.74, 6) is -2.22. The van der Waals surface area contributed by atoms with Gasteiger partial charge in [0.25, 0.3) is 11.7 Å². The van der Waals surface area contributed by atoms with E-state index in [0.717, 1.165) is 32.1 Å². The highest BCUT2D eigenvalue weighted by Crippen LogP contribution is 2.04. The molecule has 124 valence electrons. The second-order valence-electron chi connectivity index (χ2n) is 5.07.